The van der Waals surface area contributed by atoms with E-state index in [1.54, 1.807) is 6.20 Å². The van der Waals surface area contributed by atoms with Crippen LogP contribution >= 0.6 is 15.9 Å². The minimum absolute atomic E-state index is 0.0339. The fourth-order valence-corrected chi connectivity index (χ4v) is 3.56. The molecule has 32 heavy (non-hydrogen) atoms. The minimum atomic E-state index is -0.281. The number of nitrogens with one attached hydrogen (secondary N) is 3. The highest BCUT2D eigenvalue weighted by molar-refractivity contribution is 9.10. The number of halogens is 1. The molecule has 4 rings (SSSR count). The molecule has 2 heterocycles. The smallest absolute Gasteiger partial charge is 0.282 e. The van der Waals surface area contributed by atoms with E-state index in [-0.39, 0.29) is 11.5 Å². The molecule has 0 bridgehead atoms. The molecule has 0 radical (unpaired) electrons. The minimum Gasteiger partial charge on any atom is -0.377 e. The molecule has 0 fully saturated rings. The van der Waals surface area contributed by atoms with Crippen LogP contribution in [0.5, 0.6) is 0 Å². The van der Waals surface area contributed by atoms with E-state index < -0.39 is 0 Å². The number of fused-ring (bicyclic) bond motifs is 1. The third kappa shape index (κ3) is 5.24. The predicted octanol–water partition coefficient (Wildman–Crippen LogP) is 3.51. The molecule has 0 unspecified atom stereocenters. The lowest BCUT2D eigenvalue weighted by Gasteiger charge is -2.07. The van der Waals surface area contributed by atoms with Gasteiger partial charge in [-0.15, -0.1) is 0 Å². The van der Waals surface area contributed by atoms with Crippen molar-refractivity contribution in [2.24, 2.45) is 5.73 Å². The summed E-state index contributed by atoms with van der Waals surface area (Å²) in [7, 11) is 0. The highest BCUT2D eigenvalue weighted by atomic mass is 79.9. The van der Waals surface area contributed by atoms with Crippen molar-refractivity contribution in [2.75, 3.05) is 13.2 Å². The van der Waals surface area contributed by atoms with Crippen molar-refractivity contribution in [3.63, 3.8) is 0 Å². The third-order valence-corrected chi connectivity index (χ3v) is 5.46. The van der Waals surface area contributed by atoms with Crippen molar-refractivity contribution in [3.8, 4) is 22.4 Å². The molecule has 0 aliphatic carbocycles. The van der Waals surface area contributed by atoms with E-state index >= 15 is 0 Å². The predicted molar refractivity (Wildman–Crippen MR) is 129 cm³/mol. The first-order valence-corrected chi connectivity index (χ1v) is 10.9. The Balaban J connectivity index is 1.46. The monoisotopic (exact) mass is 494 g/mol. The lowest BCUT2D eigenvalue weighted by atomic mass is 10.1. The van der Waals surface area contributed by atoms with Gasteiger partial charge in [-0.3, -0.25) is 14.6 Å². The second-order valence-electron chi connectivity index (χ2n) is 7.31. The average Bonchev–Trinajstić information content (AvgIpc) is 3.19. The highest BCUT2D eigenvalue weighted by Crippen LogP contribution is 2.22. The summed E-state index contributed by atoms with van der Waals surface area (Å²) < 4.78 is 8.48. The van der Waals surface area contributed by atoms with Gasteiger partial charge >= 0.3 is 0 Å². The van der Waals surface area contributed by atoms with E-state index in [1.165, 1.54) is 0 Å². The lowest BCUT2D eigenvalue weighted by molar-refractivity contribution is 0.119. The molecular weight excluding hydrogens is 472 g/mol. The molecule has 9 heteroatoms. The maximum Gasteiger partial charge on any atom is 0.282 e. The highest BCUT2D eigenvalue weighted by Gasteiger charge is 2.10. The molecule has 0 amide bonds. The molecule has 0 aliphatic heterocycles. The Morgan fingerprint density at radius 1 is 1.12 bits per heavy atom. The van der Waals surface area contributed by atoms with Crippen molar-refractivity contribution in [1.29, 1.82) is 5.41 Å². The van der Waals surface area contributed by atoms with Crippen molar-refractivity contribution < 1.29 is 4.74 Å². The van der Waals surface area contributed by atoms with Gasteiger partial charge in [0.1, 0.15) is 0 Å². The normalized spacial score (nSPS) is 11.0. The first-order valence-electron chi connectivity index (χ1n) is 10.1. The van der Waals surface area contributed by atoms with Crippen LogP contribution < -0.4 is 16.6 Å². The van der Waals surface area contributed by atoms with Crippen molar-refractivity contribution in [1.82, 2.24) is 19.7 Å². The van der Waals surface area contributed by atoms with Gasteiger partial charge < -0.3 is 20.8 Å². The summed E-state index contributed by atoms with van der Waals surface area (Å²) in [4.78, 5) is 20.0. The maximum atomic E-state index is 12.6. The van der Waals surface area contributed by atoms with Crippen molar-refractivity contribution >= 4 is 27.7 Å². The third-order valence-electron chi connectivity index (χ3n) is 4.94. The number of nitrogens with zero attached hydrogens (tertiary/aromatic N) is 2. The molecule has 4 aromatic rings. The second kappa shape index (κ2) is 9.80. The number of rotatable bonds is 8. The summed E-state index contributed by atoms with van der Waals surface area (Å²) in [5.41, 5.74) is 9.20. The van der Waals surface area contributed by atoms with Crippen molar-refractivity contribution in [2.45, 2.75) is 13.0 Å². The van der Waals surface area contributed by atoms with Crippen LogP contribution in [0.1, 0.15) is 12.0 Å². The Labute approximate surface area is 193 Å². The summed E-state index contributed by atoms with van der Waals surface area (Å²) in [5, 5.41) is 9.84. The Morgan fingerprint density at radius 2 is 1.84 bits per heavy atom. The van der Waals surface area contributed by atoms with Gasteiger partial charge in [0, 0.05) is 30.0 Å². The summed E-state index contributed by atoms with van der Waals surface area (Å²) in [6.45, 7) is 1.65. The Bertz CT molecular complexity index is 1280. The number of guanidine groups is 1. The Hall–Kier alpha value is -3.43. The number of ether oxygens (including phenoxy) is 1. The number of benzene rings is 2. The van der Waals surface area contributed by atoms with Crippen LogP contribution in [-0.4, -0.2) is 33.5 Å². The molecule has 8 nitrogen and oxygen atoms in total. The molecule has 0 spiro atoms. The number of aromatic nitrogens is 3. The van der Waals surface area contributed by atoms with Gasteiger partial charge in [0.25, 0.3) is 5.56 Å². The number of hydrogen-bond acceptors (Lipinski definition) is 4. The first-order chi connectivity index (χ1) is 15.5. The Kier molecular flexibility index (Phi) is 6.67. The standard InChI is InChI=1S/C23H23BrN6O2/c24-18-8-6-17(7-9-18)20-13-30-12-19(21(31)29-23(30)28-20)16-4-2-15(3-5-16)14-32-11-1-10-27-22(25)26/h2-9,12-13H,1,10-11,14H2,(H4,25,26,27)(H,28,29,31). The zero-order chi connectivity index (χ0) is 22.5. The topological polar surface area (TPSA) is 121 Å². The van der Waals surface area contributed by atoms with E-state index in [4.69, 9.17) is 15.9 Å². The van der Waals surface area contributed by atoms with Crippen LogP contribution in [0, 0.1) is 5.41 Å². The molecule has 5 N–H and O–H groups in total. The van der Waals surface area contributed by atoms with E-state index in [2.05, 4.69) is 31.2 Å². The van der Waals surface area contributed by atoms with E-state index in [9.17, 15) is 4.79 Å². The van der Waals surface area contributed by atoms with Gasteiger partial charge in [-0.2, -0.15) is 4.98 Å². The van der Waals surface area contributed by atoms with Crippen LogP contribution in [0.4, 0.5) is 0 Å². The van der Waals surface area contributed by atoms with Gasteiger partial charge in [0.15, 0.2) is 5.96 Å². The van der Waals surface area contributed by atoms with E-state index in [0.29, 0.717) is 31.1 Å². The van der Waals surface area contributed by atoms with Gasteiger partial charge in [-0.05, 0) is 35.2 Å². The molecular formula is C23H23BrN6O2. The summed E-state index contributed by atoms with van der Waals surface area (Å²) >= 11 is 3.44. The van der Waals surface area contributed by atoms with Crippen LogP contribution in [0.15, 0.2) is 70.2 Å². The number of aromatic amines is 1. The number of hydrogen-bond donors (Lipinski definition) is 4. The molecule has 0 saturated heterocycles. The zero-order valence-electron chi connectivity index (χ0n) is 17.3. The molecule has 0 saturated carbocycles. The van der Waals surface area contributed by atoms with Crippen LogP contribution in [0.2, 0.25) is 0 Å². The number of imidazole rings is 1. The number of H-pyrrole nitrogens is 1. The Morgan fingerprint density at radius 3 is 2.56 bits per heavy atom. The molecule has 0 atom stereocenters. The van der Waals surface area contributed by atoms with Gasteiger partial charge in [0.2, 0.25) is 5.78 Å². The zero-order valence-corrected chi connectivity index (χ0v) is 18.9. The fourth-order valence-electron chi connectivity index (χ4n) is 3.29. The number of nitrogens with two attached hydrogens (primary N) is 1. The van der Waals surface area contributed by atoms with Crippen molar-refractivity contribution in [3.05, 3.63) is 81.3 Å². The quantitative estimate of drug-likeness (QED) is 0.169. The van der Waals surface area contributed by atoms with Crippen LogP contribution in [0.25, 0.3) is 28.2 Å². The molecule has 2 aromatic carbocycles. The largest absolute Gasteiger partial charge is 0.377 e. The van der Waals surface area contributed by atoms with Crippen LogP contribution in [0.3, 0.4) is 0 Å². The SMILES string of the molecule is N=C(N)NCCCOCc1ccc(-c2cn3cc(-c4ccc(Br)cc4)[nH]c3nc2=O)cc1. The average molecular weight is 495 g/mol. The summed E-state index contributed by atoms with van der Waals surface area (Å²) in [6.07, 6.45) is 4.49. The van der Waals surface area contributed by atoms with Gasteiger partial charge in [-0.25, -0.2) is 0 Å². The van der Waals surface area contributed by atoms with E-state index in [1.807, 2.05) is 59.1 Å². The molecule has 2 aromatic heterocycles. The fraction of sp³-hybridized carbons (Fsp3) is 0.174. The molecule has 0 aliphatic rings. The van der Waals surface area contributed by atoms with Gasteiger partial charge in [0.05, 0.1) is 17.9 Å². The lowest BCUT2D eigenvalue weighted by Crippen LogP contribution is -2.31. The van der Waals surface area contributed by atoms with E-state index in [0.717, 1.165) is 33.3 Å². The first kappa shape index (κ1) is 21.8. The molecule has 164 valence electrons. The van der Waals surface area contributed by atoms with Crippen LogP contribution in [-0.2, 0) is 11.3 Å². The van der Waals surface area contributed by atoms with Gasteiger partial charge in [-0.1, -0.05) is 52.3 Å². The summed E-state index contributed by atoms with van der Waals surface area (Å²) in [5.74, 6) is 0.467. The second-order valence-corrected chi connectivity index (χ2v) is 8.22. The summed E-state index contributed by atoms with van der Waals surface area (Å²) in [6, 6.07) is 15.6. The maximum absolute atomic E-state index is 12.6.